The van der Waals surface area contributed by atoms with Crippen LogP contribution in [0, 0.1) is 0 Å². The second-order valence-corrected chi connectivity index (χ2v) is 6.50. The van der Waals surface area contributed by atoms with Gasteiger partial charge in [0.15, 0.2) is 0 Å². The van der Waals surface area contributed by atoms with Gasteiger partial charge in [-0.2, -0.15) is 0 Å². The predicted molar refractivity (Wildman–Crippen MR) is 113 cm³/mol. The van der Waals surface area contributed by atoms with Crippen LogP contribution in [0.15, 0.2) is 54.6 Å². The molecule has 0 aliphatic rings. The van der Waals surface area contributed by atoms with Gasteiger partial charge >= 0.3 is 17.9 Å². The average Bonchev–Trinajstić information content (AvgIpc) is 2.74. The molecular weight excluding hydrogens is 384 g/mol. The lowest BCUT2D eigenvalue weighted by Gasteiger charge is -2.05. The summed E-state index contributed by atoms with van der Waals surface area (Å²) in [5, 5.41) is 0. The van der Waals surface area contributed by atoms with E-state index in [4.69, 9.17) is 14.2 Å². The number of hydrogen-bond donors (Lipinski definition) is 0. The van der Waals surface area contributed by atoms with E-state index in [9.17, 15) is 14.4 Å². The van der Waals surface area contributed by atoms with E-state index in [2.05, 4.69) is 6.92 Å². The summed E-state index contributed by atoms with van der Waals surface area (Å²) in [5.41, 5.74) is 1.19. The molecule has 6 heteroatoms. The van der Waals surface area contributed by atoms with Gasteiger partial charge < -0.3 is 14.2 Å². The fourth-order valence-corrected chi connectivity index (χ4v) is 2.54. The van der Waals surface area contributed by atoms with Gasteiger partial charge in [0, 0.05) is 12.5 Å². The van der Waals surface area contributed by atoms with Crippen molar-refractivity contribution in [3.05, 3.63) is 65.7 Å². The first-order valence-corrected chi connectivity index (χ1v) is 9.99. The molecule has 158 valence electrons. The Balaban J connectivity index is 1.84. The quantitative estimate of drug-likeness (QED) is 0.238. The summed E-state index contributed by atoms with van der Waals surface area (Å²) in [6.45, 7) is 4.13. The largest absolute Gasteiger partial charge is 0.462 e. The summed E-state index contributed by atoms with van der Waals surface area (Å²) in [7, 11) is 0. The third-order valence-electron chi connectivity index (χ3n) is 4.09. The summed E-state index contributed by atoms with van der Waals surface area (Å²) < 4.78 is 15.4. The topological polar surface area (TPSA) is 78.9 Å². The SMILES string of the molecule is CCCCCC(=O)Oc1ccc(OC(=O)C=Cc2ccc(C(=O)OCC)cc2)cc1. The summed E-state index contributed by atoms with van der Waals surface area (Å²) in [4.78, 5) is 35.3. The lowest BCUT2D eigenvalue weighted by molar-refractivity contribution is -0.134. The minimum absolute atomic E-state index is 0.273. The van der Waals surface area contributed by atoms with Gasteiger partial charge in [0.2, 0.25) is 0 Å². The number of hydrogen-bond acceptors (Lipinski definition) is 6. The zero-order chi connectivity index (χ0) is 21.8. The Kier molecular flexibility index (Phi) is 9.31. The fourth-order valence-electron chi connectivity index (χ4n) is 2.54. The summed E-state index contributed by atoms with van der Waals surface area (Å²) in [6, 6.07) is 13.0. The van der Waals surface area contributed by atoms with E-state index in [0.717, 1.165) is 24.8 Å². The van der Waals surface area contributed by atoms with Gasteiger partial charge in [0.1, 0.15) is 11.5 Å². The van der Waals surface area contributed by atoms with Crippen molar-refractivity contribution >= 4 is 24.0 Å². The Morgan fingerprint density at radius 1 is 0.833 bits per heavy atom. The van der Waals surface area contributed by atoms with Crippen molar-refractivity contribution in [1.82, 2.24) is 0 Å². The van der Waals surface area contributed by atoms with Crippen LogP contribution in [0.25, 0.3) is 6.08 Å². The highest BCUT2D eigenvalue weighted by Crippen LogP contribution is 2.19. The molecule has 0 fully saturated rings. The number of carbonyl (C=O) groups is 3. The zero-order valence-corrected chi connectivity index (χ0v) is 17.3. The number of rotatable bonds is 10. The summed E-state index contributed by atoms with van der Waals surface area (Å²) in [6.07, 6.45) is 6.11. The highest BCUT2D eigenvalue weighted by molar-refractivity contribution is 5.91. The molecule has 0 spiro atoms. The summed E-state index contributed by atoms with van der Waals surface area (Å²) in [5.74, 6) is -0.456. The first-order chi connectivity index (χ1) is 14.5. The molecule has 0 aromatic heterocycles. The van der Waals surface area contributed by atoms with Crippen LogP contribution in [0.3, 0.4) is 0 Å². The Morgan fingerprint density at radius 3 is 2.07 bits per heavy atom. The van der Waals surface area contributed by atoms with E-state index in [0.29, 0.717) is 30.1 Å². The van der Waals surface area contributed by atoms with Gasteiger partial charge in [0.05, 0.1) is 12.2 Å². The maximum absolute atomic E-state index is 12.0. The van der Waals surface area contributed by atoms with Crippen LogP contribution in [0.5, 0.6) is 11.5 Å². The maximum atomic E-state index is 12.0. The van der Waals surface area contributed by atoms with E-state index in [1.165, 1.54) is 6.08 Å². The molecule has 2 rings (SSSR count). The van der Waals surface area contributed by atoms with Gasteiger partial charge in [-0.15, -0.1) is 0 Å². The molecule has 0 saturated carbocycles. The van der Waals surface area contributed by atoms with Crippen LogP contribution < -0.4 is 9.47 Å². The molecule has 2 aromatic carbocycles. The molecule has 30 heavy (non-hydrogen) atoms. The monoisotopic (exact) mass is 410 g/mol. The molecule has 0 heterocycles. The Morgan fingerprint density at radius 2 is 1.47 bits per heavy atom. The Labute approximate surface area is 176 Å². The lowest BCUT2D eigenvalue weighted by Crippen LogP contribution is -2.07. The minimum Gasteiger partial charge on any atom is -0.462 e. The first-order valence-electron chi connectivity index (χ1n) is 9.99. The fraction of sp³-hybridized carbons (Fsp3) is 0.292. The molecule has 0 N–H and O–H groups in total. The third-order valence-corrected chi connectivity index (χ3v) is 4.09. The van der Waals surface area contributed by atoms with Gasteiger partial charge in [-0.05, 0) is 61.4 Å². The van der Waals surface area contributed by atoms with E-state index >= 15 is 0 Å². The van der Waals surface area contributed by atoms with Gasteiger partial charge in [-0.1, -0.05) is 31.9 Å². The number of ether oxygens (including phenoxy) is 3. The number of esters is 3. The van der Waals surface area contributed by atoms with Crippen LogP contribution in [-0.4, -0.2) is 24.5 Å². The molecule has 2 aromatic rings. The number of benzene rings is 2. The van der Waals surface area contributed by atoms with Crippen molar-refractivity contribution < 1.29 is 28.6 Å². The van der Waals surface area contributed by atoms with E-state index in [-0.39, 0.29) is 11.9 Å². The molecular formula is C24H26O6. The average molecular weight is 410 g/mol. The normalized spacial score (nSPS) is 10.6. The Bertz CT molecular complexity index is 866. The van der Waals surface area contributed by atoms with Gasteiger partial charge in [-0.25, -0.2) is 9.59 Å². The van der Waals surface area contributed by atoms with Crippen molar-refractivity contribution in [2.24, 2.45) is 0 Å². The van der Waals surface area contributed by atoms with E-state index < -0.39 is 5.97 Å². The molecule has 0 bridgehead atoms. The second kappa shape index (κ2) is 12.2. The van der Waals surface area contributed by atoms with Crippen LogP contribution >= 0.6 is 0 Å². The van der Waals surface area contributed by atoms with Crippen molar-refractivity contribution in [2.45, 2.75) is 39.5 Å². The molecule has 0 saturated heterocycles. The van der Waals surface area contributed by atoms with Crippen molar-refractivity contribution in [3.63, 3.8) is 0 Å². The van der Waals surface area contributed by atoms with Crippen molar-refractivity contribution in [1.29, 1.82) is 0 Å². The van der Waals surface area contributed by atoms with Crippen LogP contribution in [-0.2, 0) is 14.3 Å². The van der Waals surface area contributed by atoms with Crippen molar-refractivity contribution in [2.75, 3.05) is 6.61 Å². The highest BCUT2D eigenvalue weighted by Gasteiger charge is 2.07. The van der Waals surface area contributed by atoms with Crippen LogP contribution in [0.1, 0.15) is 55.5 Å². The number of carbonyl (C=O) groups excluding carboxylic acids is 3. The molecule has 0 amide bonds. The molecule has 6 nitrogen and oxygen atoms in total. The maximum Gasteiger partial charge on any atom is 0.338 e. The Hall–Kier alpha value is -3.41. The van der Waals surface area contributed by atoms with Gasteiger partial charge in [-0.3, -0.25) is 4.79 Å². The van der Waals surface area contributed by atoms with Crippen LogP contribution in [0.4, 0.5) is 0 Å². The second-order valence-electron chi connectivity index (χ2n) is 6.50. The summed E-state index contributed by atoms with van der Waals surface area (Å²) >= 11 is 0. The van der Waals surface area contributed by atoms with E-state index in [1.807, 2.05) is 0 Å². The van der Waals surface area contributed by atoms with Gasteiger partial charge in [0.25, 0.3) is 0 Å². The van der Waals surface area contributed by atoms with E-state index in [1.54, 1.807) is 61.5 Å². The van der Waals surface area contributed by atoms with Crippen LogP contribution in [0.2, 0.25) is 0 Å². The molecule has 0 unspecified atom stereocenters. The highest BCUT2D eigenvalue weighted by atomic mass is 16.5. The lowest BCUT2D eigenvalue weighted by atomic mass is 10.1. The minimum atomic E-state index is -0.547. The first kappa shape index (κ1) is 22.9. The molecule has 0 aliphatic carbocycles. The standard InChI is InChI=1S/C24H26O6/c1-3-5-6-7-22(25)29-20-13-15-21(16-14-20)30-23(26)17-10-18-8-11-19(12-9-18)24(27)28-4-2/h8-17H,3-7H2,1-2H3. The third kappa shape index (κ3) is 7.91. The molecule has 0 aliphatic heterocycles. The van der Waals surface area contributed by atoms with Crippen molar-refractivity contribution in [3.8, 4) is 11.5 Å². The zero-order valence-electron chi connectivity index (χ0n) is 17.3. The molecule has 0 atom stereocenters. The predicted octanol–water partition coefficient (Wildman–Crippen LogP) is 4.97. The molecule has 0 radical (unpaired) electrons. The smallest absolute Gasteiger partial charge is 0.338 e. The number of unbranched alkanes of at least 4 members (excludes halogenated alkanes) is 2.